The number of nitrogens with zero attached hydrogens (tertiary/aromatic N) is 1. The first kappa shape index (κ1) is 12.5. The van der Waals surface area contributed by atoms with Crippen molar-refractivity contribution in [3.63, 3.8) is 0 Å². The molecule has 1 heterocycles. The summed E-state index contributed by atoms with van der Waals surface area (Å²) >= 11 is 0. The second-order valence-corrected chi connectivity index (χ2v) is 4.63. The van der Waals surface area contributed by atoms with E-state index < -0.39 is 0 Å². The van der Waals surface area contributed by atoms with E-state index in [4.69, 9.17) is 4.74 Å². The zero-order valence-electron chi connectivity index (χ0n) is 11.1. The Hall–Kier alpha value is -2.49. The first-order chi connectivity index (χ1) is 9.84. The number of carbonyl (C=O) groups excluding carboxylic acids is 1. The van der Waals surface area contributed by atoms with Gasteiger partial charge < -0.3 is 10.1 Å². The third kappa shape index (κ3) is 2.59. The van der Waals surface area contributed by atoms with E-state index in [1.807, 2.05) is 42.5 Å². The predicted molar refractivity (Wildman–Crippen MR) is 79.4 cm³/mol. The van der Waals surface area contributed by atoms with Gasteiger partial charge in [-0.2, -0.15) is 0 Å². The van der Waals surface area contributed by atoms with Gasteiger partial charge in [-0.25, -0.2) is 4.79 Å². The normalized spacial score (nSPS) is 13.9. The summed E-state index contributed by atoms with van der Waals surface area (Å²) in [5.41, 5.74) is 1.83. The summed E-state index contributed by atoms with van der Waals surface area (Å²) in [6.45, 7) is 1.50. The van der Waals surface area contributed by atoms with Crippen LogP contribution in [0.4, 0.5) is 16.2 Å². The molecule has 0 saturated carbocycles. The van der Waals surface area contributed by atoms with Gasteiger partial charge in [-0.3, -0.25) is 4.90 Å². The largest absolute Gasteiger partial charge is 0.419 e. The fourth-order valence-corrected chi connectivity index (χ4v) is 2.27. The van der Waals surface area contributed by atoms with Gasteiger partial charge >= 0.3 is 6.09 Å². The Morgan fingerprint density at radius 2 is 1.80 bits per heavy atom. The van der Waals surface area contributed by atoms with Gasteiger partial charge in [0.2, 0.25) is 0 Å². The third-order valence-corrected chi connectivity index (χ3v) is 3.24. The van der Waals surface area contributed by atoms with E-state index in [0.29, 0.717) is 12.3 Å². The van der Waals surface area contributed by atoms with Gasteiger partial charge in [-0.15, -0.1) is 0 Å². The highest BCUT2D eigenvalue weighted by atomic mass is 16.6. The van der Waals surface area contributed by atoms with Crippen LogP contribution in [-0.2, 0) is 0 Å². The zero-order valence-corrected chi connectivity index (χ0v) is 11.1. The number of hydrogen-bond acceptors (Lipinski definition) is 3. The average Bonchev–Trinajstić information content (AvgIpc) is 2.70. The lowest BCUT2D eigenvalue weighted by Gasteiger charge is -2.21. The Morgan fingerprint density at radius 3 is 2.65 bits per heavy atom. The summed E-state index contributed by atoms with van der Waals surface area (Å²) in [6.07, 6.45) is 0.547. The van der Waals surface area contributed by atoms with E-state index in [-0.39, 0.29) is 6.09 Å². The Morgan fingerprint density at radius 1 is 1.05 bits per heavy atom. The van der Waals surface area contributed by atoms with Crippen molar-refractivity contribution in [3.8, 4) is 5.75 Å². The van der Waals surface area contributed by atoms with Gasteiger partial charge in [0.1, 0.15) is 5.75 Å². The van der Waals surface area contributed by atoms with Crippen molar-refractivity contribution in [3.05, 3.63) is 54.6 Å². The number of hydrogen-bond donors (Lipinski definition) is 1. The van der Waals surface area contributed by atoms with Gasteiger partial charge in [0, 0.05) is 13.1 Å². The summed E-state index contributed by atoms with van der Waals surface area (Å²) in [5.74, 6) is 0.562. The lowest BCUT2D eigenvalue weighted by molar-refractivity contribution is 0.207. The molecule has 20 heavy (non-hydrogen) atoms. The molecule has 0 spiro atoms. The van der Waals surface area contributed by atoms with Crippen molar-refractivity contribution in [2.45, 2.75) is 6.42 Å². The number of carbonyl (C=O) groups is 1. The second-order valence-electron chi connectivity index (χ2n) is 4.63. The molecule has 0 unspecified atom stereocenters. The van der Waals surface area contributed by atoms with Gasteiger partial charge in [0.15, 0.2) is 0 Å². The number of rotatable bonds is 1. The van der Waals surface area contributed by atoms with Crippen LogP contribution in [-0.4, -0.2) is 19.2 Å². The molecule has 0 bridgehead atoms. The van der Waals surface area contributed by atoms with E-state index in [1.54, 1.807) is 17.0 Å². The fourth-order valence-electron chi connectivity index (χ4n) is 2.27. The van der Waals surface area contributed by atoms with Crippen molar-refractivity contribution >= 4 is 17.5 Å². The lowest BCUT2D eigenvalue weighted by atomic mass is 10.2. The van der Waals surface area contributed by atoms with Crippen LogP contribution in [0.25, 0.3) is 0 Å². The number of anilines is 2. The van der Waals surface area contributed by atoms with Crippen LogP contribution in [0.5, 0.6) is 5.75 Å². The van der Waals surface area contributed by atoms with E-state index in [2.05, 4.69) is 5.32 Å². The first-order valence-electron chi connectivity index (χ1n) is 6.72. The average molecular weight is 268 g/mol. The minimum Gasteiger partial charge on any atom is -0.410 e. The maximum Gasteiger partial charge on any atom is 0.419 e. The maximum absolute atomic E-state index is 12.4. The van der Waals surface area contributed by atoms with Crippen LogP contribution < -0.4 is 15.0 Å². The molecule has 0 atom stereocenters. The van der Waals surface area contributed by atoms with Crippen molar-refractivity contribution in [1.82, 2.24) is 0 Å². The highest BCUT2D eigenvalue weighted by Crippen LogP contribution is 2.28. The minimum atomic E-state index is -0.340. The maximum atomic E-state index is 12.4. The Balaban J connectivity index is 1.84. The Kier molecular flexibility index (Phi) is 3.54. The van der Waals surface area contributed by atoms with Crippen LogP contribution in [0.15, 0.2) is 54.6 Å². The predicted octanol–water partition coefficient (Wildman–Crippen LogP) is 3.51. The van der Waals surface area contributed by atoms with Crippen molar-refractivity contribution < 1.29 is 9.53 Å². The highest BCUT2D eigenvalue weighted by Gasteiger charge is 2.22. The molecule has 0 radical (unpaired) electrons. The van der Waals surface area contributed by atoms with Crippen LogP contribution in [0.3, 0.4) is 0 Å². The molecule has 0 aromatic heterocycles. The van der Waals surface area contributed by atoms with Crippen LogP contribution in [0.2, 0.25) is 0 Å². The second kappa shape index (κ2) is 5.65. The number of amides is 1. The summed E-state index contributed by atoms with van der Waals surface area (Å²) in [7, 11) is 0. The van der Waals surface area contributed by atoms with Gasteiger partial charge in [-0.05, 0) is 30.7 Å². The molecule has 0 saturated heterocycles. The Labute approximate surface area is 118 Å². The van der Waals surface area contributed by atoms with Crippen molar-refractivity contribution in [2.24, 2.45) is 0 Å². The lowest BCUT2D eigenvalue weighted by Crippen LogP contribution is -2.34. The molecule has 1 amide bonds. The van der Waals surface area contributed by atoms with Gasteiger partial charge in [-0.1, -0.05) is 30.3 Å². The highest BCUT2D eigenvalue weighted by molar-refractivity contribution is 5.93. The number of fused-ring (bicyclic) bond motifs is 1. The summed E-state index contributed by atoms with van der Waals surface area (Å²) in [5, 5.41) is 3.32. The van der Waals surface area contributed by atoms with Crippen LogP contribution in [0.1, 0.15) is 6.42 Å². The molecule has 4 nitrogen and oxygen atoms in total. The molecule has 1 aliphatic rings. The van der Waals surface area contributed by atoms with E-state index in [1.165, 1.54) is 0 Å². The van der Waals surface area contributed by atoms with Gasteiger partial charge in [0.05, 0.1) is 11.4 Å². The molecule has 2 aromatic carbocycles. The molecule has 4 heteroatoms. The van der Waals surface area contributed by atoms with E-state index in [0.717, 1.165) is 24.3 Å². The number of para-hydroxylation sites is 3. The molecule has 0 aliphatic carbocycles. The van der Waals surface area contributed by atoms with Crippen molar-refractivity contribution in [2.75, 3.05) is 23.3 Å². The summed E-state index contributed by atoms with van der Waals surface area (Å²) < 4.78 is 5.43. The molecular weight excluding hydrogens is 252 g/mol. The van der Waals surface area contributed by atoms with E-state index in [9.17, 15) is 4.79 Å². The minimum absolute atomic E-state index is 0.340. The first-order valence-corrected chi connectivity index (χ1v) is 6.72. The smallest absolute Gasteiger partial charge is 0.410 e. The molecule has 0 fully saturated rings. The van der Waals surface area contributed by atoms with Crippen molar-refractivity contribution in [1.29, 1.82) is 0 Å². The summed E-state index contributed by atoms with van der Waals surface area (Å²) in [4.78, 5) is 14.0. The molecular formula is C16H16N2O2. The van der Waals surface area contributed by atoms with Crippen LogP contribution >= 0.6 is 0 Å². The number of nitrogens with one attached hydrogen (secondary N) is 1. The molecule has 1 N–H and O–H groups in total. The topological polar surface area (TPSA) is 41.6 Å². The van der Waals surface area contributed by atoms with Crippen LogP contribution in [0, 0.1) is 0 Å². The van der Waals surface area contributed by atoms with E-state index >= 15 is 0 Å². The molecule has 1 aliphatic heterocycles. The Bertz CT molecular complexity index is 598. The molecule has 3 rings (SSSR count). The molecule has 2 aromatic rings. The SMILES string of the molecule is O=C(Oc1ccccc1)N1CCCNc2ccccc21. The van der Waals surface area contributed by atoms with Gasteiger partial charge in [0.25, 0.3) is 0 Å². The monoisotopic (exact) mass is 268 g/mol. The fraction of sp³-hybridized carbons (Fsp3) is 0.188. The zero-order chi connectivity index (χ0) is 13.8. The number of ether oxygens (including phenoxy) is 1. The standard InChI is InChI=1S/C16H16N2O2/c19-16(20-13-7-2-1-3-8-13)18-12-6-11-17-14-9-4-5-10-15(14)18/h1-5,7-10,17H,6,11-12H2. The quantitative estimate of drug-likeness (QED) is 0.860. The molecule has 102 valence electrons. The summed E-state index contributed by atoms with van der Waals surface area (Å²) in [6, 6.07) is 16.9. The third-order valence-electron chi connectivity index (χ3n) is 3.24. The number of benzene rings is 2.